The maximum absolute atomic E-state index is 14.6. The van der Waals surface area contributed by atoms with E-state index in [9.17, 15) is 35.9 Å². The van der Waals surface area contributed by atoms with Gasteiger partial charge in [0.25, 0.3) is 5.91 Å². The molecule has 0 bridgehead atoms. The van der Waals surface area contributed by atoms with Crippen LogP contribution in [0, 0.1) is 17.6 Å². The number of halogens is 6. The van der Waals surface area contributed by atoms with Crippen molar-refractivity contribution < 1.29 is 31.1 Å². The van der Waals surface area contributed by atoms with Gasteiger partial charge >= 0.3 is 6.18 Å². The fourth-order valence-corrected chi connectivity index (χ4v) is 3.48. The molecule has 1 unspecified atom stereocenters. The lowest BCUT2D eigenvalue weighted by Crippen LogP contribution is -2.47. The summed E-state index contributed by atoms with van der Waals surface area (Å²) in [6, 6.07) is 2.84. The van der Waals surface area contributed by atoms with Crippen molar-refractivity contribution in [1.82, 2.24) is 14.9 Å². The summed E-state index contributed by atoms with van der Waals surface area (Å²) in [7, 11) is 0. The minimum Gasteiger partial charge on any atom is -0.367 e. The summed E-state index contributed by atoms with van der Waals surface area (Å²) in [6.07, 6.45) is -4.34. The topological polar surface area (TPSA) is 76.0 Å². The number of carbonyl (C=O) groups is 1. The molecule has 0 aliphatic carbocycles. The lowest BCUT2D eigenvalue weighted by molar-refractivity contribution is -0.156. The molecule has 12 heteroatoms. The van der Waals surface area contributed by atoms with E-state index in [1.807, 2.05) is 5.32 Å². The molecule has 2 heterocycles. The van der Waals surface area contributed by atoms with Gasteiger partial charge in [-0.1, -0.05) is 13.8 Å². The van der Waals surface area contributed by atoms with Crippen molar-refractivity contribution in [2.75, 3.05) is 18.5 Å². The summed E-state index contributed by atoms with van der Waals surface area (Å²) in [6.45, 7) is 2.26. The number of rotatable bonds is 8. The van der Waals surface area contributed by atoms with E-state index in [2.05, 4.69) is 10.3 Å². The number of carbonyl (C=O) groups excluding carboxylic acids is 1. The second-order valence-corrected chi connectivity index (χ2v) is 8.22. The van der Waals surface area contributed by atoms with Crippen LogP contribution in [0.1, 0.15) is 30.6 Å². The third-order valence-electron chi connectivity index (χ3n) is 5.07. The normalized spacial score (nSPS) is 12.7. The first kappa shape index (κ1) is 26.0. The maximum Gasteiger partial charge on any atom is 0.408 e. The van der Waals surface area contributed by atoms with Gasteiger partial charge in [0.2, 0.25) is 5.43 Å². The van der Waals surface area contributed by atoms with Crippen LogP contribution in [-0.2, 0) is 0 Å². The largest absolute Gasteiger partial charge is 0.408 e. The minimum atomic E-state index is -4.77. The first-order chi connectivity index (χ1) is 16.4. The number of nitrogens with zero attached hydrogens (tertiary/aromatic N) is 2. The van der Waals surface area contributed by atoms with E-state index in [1.165, 1.54) is 12.1 Å². The highest BCUT2D eigenvalue weighted by molar-refractivity contribution is 5.97. The van der Waals surface area contributed by atoms with Crippen LogP contribution >= 0.6 is 0 Å². The van der Waals surface area contributed by atoms with E-state index in [0.29, 0.717) is 6.07 Å². The smallest absolute Gasteiger partial charge is 0.367 e. The second kappa shape index (κ2) is 10.4. The van der Waals surface area contributed by atoms with Gasteiger partial charge in [-0.3, -0.25) is 14.2 Å². The van der Waals surface area contributed by atoms with Crippen LogP contribution in [0.2, 0.25) is 0 Å². The highest BCUT2D eigenvalue weighted by Crippen LogP contribution is 2.26. The summed E-state index contributed by atoms with van der Waals surface area (Å²) in [4.78, 5) is 30.0. The molecule has 188 valence electrons. The van der Waals surface area contributed by atoms with Gasteiger partial charge in [0.1, 0.15) is 35.7 Å². The van der Waals surface area contributed by atoms with Gasteiger partial charge in [0.05, 0.1) is 11.1 Å². The van der Waals surface area contributed by atoms with E-state index < -0.39 is 59.8 Å². The first-order valence-corrected chi connectivity index (χ1v) is 10.6. The molecular weight excluding hydrogens is 478 g/mol. The number of alkyl halides is 4. The Bertz CT molecular complexity index is 1290. The molecule has 0 fully saturated rings. The highest BCUT2D eigenvalue weighted by atomic mass is 19.4. The number of fused-ring (bicyclic) bond motifs is 1. The van der Waals surface area contributed by atoms with Gasteiger partial charge in [-0.15, -0.1) is 0 Å². The zero-order chi connectivity index (χ0) is 25.9. The number of hydrogen-bond donors (Lipinski definition) is 2. The summed E-state index contributed by atoms with van der Waals surface area (Å²) in [5, 5.41) is 4.28. The SMILES string of the molecule is CC(C)CC(NC(=O)c1cn(-c2ccc(F)cc2F)c2nc(NCCF)ccc2c1=O)C(F)(F)F. The molecule has 2 N–H and O–H groups in total. The monoisotopic (exact) mass is 500 g/mol. The molecule has 0 aliphatic heterocycles. The van der Waals surface area contributed by atoms with Crippen LogP contribution in [0.5, 0.6) is 0 Å². The minimum absolute atomic E-state index is 0.108. The Morgan fingerprint density at radius 3 is 2.46 bits per heavy atom. The number of pyridine rings is 2. The number of nitrogens with one attached hydrogen (secondary N) is 2. The van der Waals surface area contributed by atoms with Crippen LogP contribution in [0.4, 0.5) is 32.2 Å². The summed E-state index contributed by atoms with van der Waals surface area (Å²) in [5.74, 6) is -3.57. The van der Waals surface area contributed by atoms with Crippen LogP contribution in [0.25, 0.3) is 16.7 Å². The van der Waals surface area contributed by atoms with Crippen LogP contribution < -0.4 is 16.1 Å². The van der Waals surface area contributed by atoms with Gasteiger partial charge in [-0.25, -0.2) is 18.2 Å². The van der Waals surface area contributed by atoms with Crippen LogP contribution in [0.15, 0.2) is 41.3 Å². The van der Waals surface area contributed by atoms with E-state index in [1.54, 1.807) is 13.8 Å². The maximum atomic E-state index is 14.6. The van der Waals surface area contributed by atoms with Crippen LogP contribution in [-0.4, -0.2) is 40.9 Å². The van der Waals surface area contributed by atoms with Crippen molar-refractivity contribution in [3.05, 3.63) is 63.9 Å². The van der Waals surface area contributed by atoms with Crippen LogP contribution in [0.3, 0.4) is 0 Å². The lowest BCUT2D eigenvalue weighted by atomic mass is 10.0. The van der Waals surface area contributed by atoms with Gasteiger partial charge in [-0.2, -0.15) is 13.2 Å². The average Bonchev–Trinajstić information content (AvgIpc) is 2.77. The fraction of sp³-hybridized carbons (Fsp3) is 0.348. The van der Waals surface area contributed by atoms with Crippen molar-refractivity contribution >= 4 is 22.8 Å². The molecule has 1 amide bonds. The van der Waals surface area contributed by atoms with Crippen molar-refractivity contribution in [1.29, 1.82) is 0 Å². The Kier molecular flexibility index (Phi) is 7.71. The van der Waals surface area contributed by atoms with Gasteiger partial charge in [0.15, 0.2) is 5.65 Å². The lowest BCUT2D eigenvalue weighted by Gasteiger charge is -2.23. The molecular formula is C23H22F6N4O2. The second-order valence-electron chi connectivity index (χ2n) is 8.22. The molecule has 0 radical (unpaired) electrons. The Balaban J connectivity index is 2.20. The molecule has 2 aromatic heterocycles. The van der Waals surface area contributed by atoms with Crippen molar-refractivity contribution in [3.63, 3.8) is 0 Å². The van der Waals surface area contributed by atoms with Gasteiger partial charge in [0, 0.05) is 18.8 Å². The van der Waals surface area contributed by atoms with E-state index in [0.717, 1.165) is 22.9 Å². The van der Waals surface area contributed by atoms with Gasteiger partial charge < -0.3 is 10.6 Å². The zero-order valence-electron chi connectivity index (χ0n) is 18.7. The predicted molar refractivity (Wildman–Crippen MR) is 118 cm³/mol. The molecule has 0 saturated carbocycles. The van der Waals surface area contributed by atoms with Gasteiger partial charge in [-0.05, 0) is 36.6 Å². The standard InChI is InChI=1S/C23H22F6N4O2/c1-12(2)9-18(23(27,28)29)31-22(35)15-11-33(17-5-3-13(25)10-16(17)26)21-14(20(15)34)4-6-19(32-21)30-8-7-24/h3-6,10-12,18H,7-9H2,1-2H3,(H,30,32)(H,31,35). The Morgan fingerprint density at radius 2 is 1.86 bits per heavy atom. The fourth-order valence-electron chi connectivity index (χ4n) is 3.48. The zero-order valence-corrected chi connectivity index (χ0v) is 18.7. The Morgan fingerprint density at radius 1 is 1.14 bits per heavy atom. The molecule has 1 aromatic carbocycles. The molecule has 0 spiro atoms. The van der Waals surface area contributed by atoms with Crippen molar-refractivity contribution in [2.24, 2.45) is 5.92 Å². The summed E-state index contributed by atoms with van der Waals surface area (Å²) in [5.41, 5.74) is -2.11. The Labute approximate surface area is 196 Å². The van der Waals surface area contributed by atoms with Crippen molar-refractivity contribution in [2.45, 2.75) is 32.5 Å². The molecule has 1 atom stereocenters. The Hall–Kier alpha value is -3.57. The predicted octanol–water partition coefficient (Wildman–Crippen LogP) is 4.75. The first-order valence-electron chi connectivity index (χ1n) is 10.6. The summed E-state index contributed by atoms with van der Waals surface area (Å²) >= 11 is 0. The quantitative estimate of drug-likeness (QED) is 0.438. The molecule has 35 heavy (non-hydrogen) atoms. The molecule has 6 nitrogen and oxygen atoms in total. The average molecular weight is 500 g/mol. The number of anilines is 1. The molecule has 0 aliphatic rings. The number of aromatic nitrogens is 2. The third kappa shape index (κ3) is 5.92. The highest BCUT2D eigenvalue weighted by Gasteiger charge is 2.41. The molecule has 3 aromatic rings. The number of amides is 1. The van der Waals surface area contributed by atoms with E-state index in [4.69, 9.17) is 0 Å². The third-order valence-corrected chi connectivity index (χ3v) is 5.07. The van der Waals surface area contributed by atoms with E-state index >= 15 is 0 Å². The van der Waals surface area contributed by atoms with Crippen molar-refractivity contribution in [3.8, 4) is 5.69 Å². The number of hydrogen-bond acceptors (Lipinski definition) is 4. The summed E-state index contributed by atoms with van der Waals surface area (Å²) < 4.78 is 82.0. The molecule has 0 saturated heterocycles. The van der Waals surface area contributed by atoms with E-state index in [-0.39, 0.29) is 29.1 Å². The molecule has 3 rings (SSSR count). The number of benzene rings is 1.